The van der Waals surface area contributed by atoms with Gasteiger partial charge in [-0.05, 0) is 49.6 Å². The first kappa shape index (κ1) is 18.4. The largest absolute Gasteiger partial charge is 0.468 e. The number of sulfonamides is 1. The minimum absolute atomic E-state index is 0.129. The number of aryl methyl sites for hydroxylation is 1. The summed E-state index contributed by atoms with van der Waals surface area (Å²) in [5.41, 5.74) is 1.42. The average molecular weight is 365 g/mol. The van der Waals surface area contributed by atoms with E-state index in [1.165, 1.54) is 18.9 Å². The Balaban J connectivity index is 2.47. The maximum Gasteiger partial charge on any atom is 0.326 e. The third-order valence-electron chi connectivity index (χ3n) is 3.47. The van der Waals surface area contributed by atoms with Crippen molar-refractivity contribution in [1.29, 1.82) is 0 Å². The molecule has 2 rings (SSSR count). The van der Waals surface area contributed by atoms with Crippen molar-refractivity contribution >= 4 is 33.4 Å². The van der Waals surface area contributed by atoms with Gasteiger partial charge in [-0.15, -0.1) is 11.8 Å². The van der Waals surface area contributed by atoms with Gasteiger partial charge in [0.05, 0.1) is 17.7 Å². The molecule has 0 atom stereocenters. The van der Waals surface area contributed by atoms with E-state index < -0.39 is 16.0 Å². The Morgan fingerprint density at radius 1 is 1.08 bits per heavy atom. The Morgan fingerprint density at radius 2 is 1.67 bits per heavy atom. The lowest BCUT2D eigenvalue weighted by Crippen LogP contribution is -2.36. The fraction of sp³-hybridized carbons (Fsp3) is 0.235. The molecule has 0 spiro atoms. The summed E-state index contributed by atoms with van der Waals surface area (Å²) in [5, 5.41) is 0. The molecule has 0 bridgehead atoms. The van der Waals surface area contributed by atoms with Crippen LogP contribution < -0.4 is 4.31 Å². The van der Waals surface area contributed by atoms with Crippen molar-refractivity contribution in [2.45, 2.75) is 16.7 Å². The van der Waals surface area contributed by atoms with E-state index in [1.807, 2.05) is 13.2 Å². The number of nitrogens with zero attached hydrogens (tertiary/aromatic N) is 1. The smallest absolute Gasteiger partial charge is 0.326 e. The van der Waals surface area contributed by atoms with E-state index in [0.717, 1.165) is 14.8 Å². The summed E-state index contributed by atoms with van der Waals surface area (Å²) in [5.74, 6) is -0.625. The number of thioether (sulfide) groups is 1. The summed E-state index contributed by atoms with van der Waals surface area (Å²) in [7, 11) is -2.64. The number of esters is 1. The Bertz CT molecular complexity index is 799. The highest BCUT2D eigenvalue weighted by atomic mass is 32.2. The SMILES string of the molecule is COC(=O)CN(c1ccc(C)cc1)S(=O)(=O)c1ccc(SC)cc1. The van der Waals surface area contributed by atoms with Crippen molar-refractivity contribution in [3.05, 3.63) is 54.1 Å². The lowest BCUT2D eigenvalue weighted by Gasteiger charge is -2.23. The van der Waals surface area contributed by atoms with Crippen LogP contribution in [0.5, 0.6) is 0 Å². The number of anilines is 1. The Hall–Kier alpha value is -1.99. The van der Waals surface area contributed by atoms with E-state index in [0.29, 0.717) is 5.69 Å². The zero-order valence-electron chi connectivity index (χ0n) is 13.7. The fourth-order valence-corrected chi connectivity index (χ4v) is 3.90. The van der Waals surface area contributed by atoms with Crippen LogP contribution >= 0.6 is 11.8 Å². The number of hydrogen-bond donors (Lipinski definition) is 0. The molecular weight excluding hydrogens is 346 g/mol. The molecule has 0 saturated carbocycles. The Morgan fingerprint density at radius 3 is 2.17 bits per heavy atom. The Labute approximate surface area is 146 Å². The van der Waals surface area contributed by atoms with Gasteiger partial charge in [0.2, 0.25) is 0 Å². The number of carbonyl (C=O) groups excluding carboxylic acids is 1. The first-order valence-corrected chi connectivity index (χ1v) is 9.85. The van der Waals surface area contributed by atoms with E-state index in [4.69, 9.17) is 0 Å². The monoisotopic (exact) mass is 365 g/mol. The van der Waals surface area contributed by atoms with E-state index >= 15 is 0 Å². The number of carbonyl (C=O) groups is 1. The molecule has 2 aromatic rings. The molecule has 0 aromatic heterocycles. The molecule has 5 nitrogen and oxygen atoms in total. The molecule has 0 unspecified atom stereocenters. The van der Waals surface area contributed by atoms with Crippen LogP contribution in [0.25, 0.3) is 0 Å². The van der Waals surface area contributed by atoms with E-state index in [9.17, 15) is 13.2 Å². The lowest BCUT2D eigenvalue weighted by molar-refractivity contribution is -0.138. The molecular formula is C17H19NO4S2. The van der Waals surface area contributed by atoms with Crippen LogP contribution in [0.3, 0.4) is 0 Å². The highest BCUT2D eigenvalue weighted by Crippen LogP contribution is 2.25. The number of hydrogen-bond acceptors (Lipinski definition) is 5. The number of benzene rings is 2. The summed E-state index contributed by atoms with van der Waals surface area (Å²) in [6, 6.07) is 13.5. The first-order valence-electron chi connectivity index (χ1n) is 7.19. The van der Waals surface area contributed by atoms with Crippen LogP contribution in [0.2, 0.25) is 0 Å². The van der Waals surface area contributed by atoms with Gasteiger partial charge < -0.3 is 4.74 Å². The van der Waals surface area contributed by atoms with Gasteiger partial charge in [0.15, 0.2) is 0 Å². The Kier molecular flexibility index (Phi) is 5.90. The quantitative estimate of drug-likeness (QED) is 0.581. The van der Waals surface area contributed by atoms with Gasteiger partial charge in [-0.25, -0.2) is 8.42 Å². The van der Waals surface area contributed by atoms with Crippen LogP contribution in [0.4, 0.5) is 5.69 Å². The van der Waals surface area contributed by atoms with Crippen molar-refractivity contribution in [2.24, 2.45) is 0 Å². The second-order valence-corrected chi connectivity index (χ2v) is 7.84. The number of rotatable bonds is 6. The van der Waals surface area contributed by atoms with Crippen LogP contribution in [-0.2, 0) is 19.6 Å². The highest BCUT2D eigenvalue weighted by molar-refractivity contribution is 7.98. The average Bonchev–Trinajstić information content (AvgIpc) is 2.60. The number of ether oxygens (including phenoxy) is 1. The topological polar surface area (TPSA) is 63.7 Å². The molecule has 24 heavy (non-hydrogen) atoms. The second-order valence-electron chi connectivity index (χ2n) is 5.10. The molecule has 0 aliphatic heterocycles. The predicted molar refractivity (Wildman–Crippen MR) is 95.9 cm³/mol. The van der Waals surface area contributed by atoms with Crippen molar-refractivity contribution in [3.63, 3.8) is 0 Å². The summed E-state index contributed by atoms with van der Waals surface area (Å²) < 4.78 is 31.7. The maximum atomic E-state index is 13.0. The molecule has 0 N–H and O–H groups in total. The van der Waals surface area contributed by atoms with Gasteiger partial charge in [-0.2, -0.15) is 0 Å². The van der Waals surface area contributed by atoms with Crippen molar-refractivity contribution in [3.8, 4) is 0 Å². The second kappa shape index (κ2) is 7.72. The summed E-state index contributed by atoms with van der Waals surface area (Å²) in [6.07, 6.45) is 1.92. The molecule has 0 saturated heterocycles. The molecule has 0 heterocycles. The lowest BCUT2D eigenvalue weighted by atomic mass is 10.2. The van der Waals surface area contributed by atoms with E-state index in [2.05, 4.69) is 4.74 Å². The molecule has 0 aliphatic rings. The summed E-state index contributed by atoms with van der Waals surface area (Å²) >= 11 is 1.53. The van der Waals surface area contributed by atoms with Crippen LogP contribution in [0.1, 0.15) is 5.56 Å². The molecule has 0 fully saturated rings. The van der Waals surface area contributed by atoms with Crippen LogP contribution in [0, 0.1) is 6.92 Å². The third kappa shape index (κ3) is 4.10. The molecule has 0 aliphatic carbocycles. The summed E-state index contributed by atoms with van der Waals surface area (Å²) in [6.45, 7) is 1.52. The molecule has 0 radical (unpaired) electrons. The van der Waals surface area contributed by atoms with Gasteiger partial charge in [-0.3, -0.25) is 9.10 Å². The molecule has 7 heteroatoms. The van der Waals surface area contributed by atoms with Crippen LogP contribution in [-0.4, -0.2) is 34.3 Å². The molecule has 0 amide bonds. The standard InChI is InChI=1S/C17H19NO4S2/c1-13-4-6-14(7-5-13)18(12-17(19)22-2)24(20,21)16-10-8-15(23-3)9-11-16/h4-11H,12H2,1-3H3. The highest BCUT2D eigenvalue weighted by Gasteiger charge is 2.27. The van der Waals surface area contributed by atoms with Gasteiger partial charge in [0.1, 0.15) is 6.54 Å². The summed E-state index contributed by atoms with van der Waals surface area (Å²) in [4.78, 5) is 12.8. The van der Waals surface area contributed by atoms with Gasteiger partial charge in [0, 0.05) is 4.90 Å². The fourth-order valence-electron chi connectivity index (χ4n) is 2.08. The molecule has 128 valence electrons. The van der Waals surface area contributed by atoms with Crippen molar-refractivity contribution in [2.75, 3.05) is 24.2 Å². The van der Waals surface area contributed by atoms with Crippen molar-refractivity contribution < 1.29 is 17.9 Å². The molecule has 2 aromatic carbocycles. The predicted octanol–water partition coefficient (Wildman–Crippen LogP) is 3.09. The van der Waals surface area contributed by atoms with Crippen LogP contribution in [0.15, 0.2) is 58.3 Å². The zero-order chi connectivity index (χ0) is 17.7. The van der Waals surface area contributed by atoms with Gasteiger partial charge in [0.25, 0.3) is 10.0 Å². The third-order valence-corrected chi connectivity index (χ3v) is 6.00. The minimum Gasteiger partial charge on any atom is -0.468 e. The maximum absolute atomic E-state index is 13.0. The normalized spacial score (nSPS) is 11.1. The minimum atomic E-state index is -3.87. The van der Waals surface area contributed by atoms with Gasteiger partial charge in [-0.1, -0.05) is 17.7 Å². The van der Waals surface area contributed by atoms with E-state index in [-0.39, 0.29) is 11.4 Å². The first-order chi connectivity index (χ1) is 11.4. The van der Waals surface area contributed by atoms with E-state index in [1.54, 1.807) is 48.5 Å². The van der Waals surface area contributed by atoms with Gasteiger partial charge >= 0.3 is 5.97 Å². The van der Waals surface area contributed by atoms with Crippen molar-refractivity contribution in [1.82, 2.24) is 0 Å². The zero-order valence-corrected chi connectivity index (χ0v) is 15.4. The number of methoxy groups -OCH3 is 1.